The molecule has 0 amide bonds. The minimum atomic E-state index is -1.21. The van der Waals surface area contributed by atoms with Crippen LogP contribution < -0.4 is 0 Å². The number of rotatable bonds is 3. The summed E-state index contributed by atoms with van der Waals surface area (Å²) in [5, 5.41) is 11.1. The molecule has 0 aliphatic heterocycles. The van der Waals surface area contributed by atoms with Gasteiger partial charge in [0.25, 0.3) is 0 Å². The molecule has 2 rings (SSSR count). The number of hydrogen-bond donors (Lipinski definition) is 1. The maximum atomic E-state index is 13.4. The Hall–Kier alpha value is -1.09. The van der Waals surface area contributed by atoms with Crippen LogP contribution >= 0.6 is 23.2 Å². The first-order valence-electron chi connectivity index (χ1n) is 5.82. The van der Waals surface area contributed by atoms with Gasteiger partial charge in [0.2, 0.25) is 0 Å². The quantitative estimate of drug-likeness (QED) is 0.879. The summed E-state index contributed by atoms with van der Waals surface area (Å²) in [6, 6.07) is 11.6. The lowest BCUT2D eigenvalue weighted by Gasteiger charge is -2.25. The lowest BCUT2D eigenvalue weighted by molar-refractivity contribution is 0.0577. The van der Waals surface area contributed by atoms with E-state index in [-0.39, 0.29) is 11.4 Å². The van der Waals surface area contributed by atoms with Gasteiger partial charge in [-0.15, -0.1) is 0 Å². The largest absolute Gasteiger partial charge is 0.385 e. The van der Waals surface area contributed by atoms with E-state index in [2.05, 4.69) is 0 Å². The van der Waals surface area contributed by atoms with Crippen molar-refractivity contribution in [1.29, 1.82) is 0 Å². The van der Waals surface area contributed by atoms with Crippen molar-refractivity contribution in [1.82, 2.24) is 0 Å². The number of hydrogen-bond acceptors (Lipinski definition) is 1. The average Bonchev–Trinajstić information content (AvgIpc) is 2.35. The van der Waals surface area contributed by atoms with Crippen LogP contribution in [0.3, 0.4) is 0 Å². The van der Waals surface area contributed by atoms with Crippen molar-refractivity contribution >= 4 is 23.2 Å². The van der Waals surface area contributed by atoms with Crippen molar-refractivity contribution in [2.24, 2.45) is 0 Å². The van der Waals surface area contributed by atoms with E-state index >= 15 is 0 Å². The van der Waals surface area contributed by atoms with Gasteiger partial charge < -0.3 is 5.11 Å². The van der Waals surface area contributed by atoms with E-state index in [1.165, 1.54) is 6.07 Å². The zero-order chi connectivity index (χ0) is 14.0. The van der Waals surface area contributed by atoms with E-state index in [0.717, 1.165) is 0 Å². The van der Waals surface area contributed by atoms with Crippen molar-refractivity contribution in [3.8, 4) is 0 Å². The summed E-state index contributed by atoms with van der Waals surface area (Å²) in [7, 11) is 0. The number of benzene rings is 2. The topological polar surface area (TPSA) is 20.2 Å². The van der Waals surface area contributed by atoms with Gasteiger partial charge in [0.15, 0.2) is 0 Å². The molecule has 1 unspecified atom stereocenters. The van der Waals surface area contributed by atoms with Crippen LogP contribution in [0.4, 0.5) is 4.39 Å². The third-order valence-electron chi connectivity index (χ3n) is 3.02. The fourth-order valence-corrected chi connectivity index (χ4v) is 2.58. The highest BCUT2D eigenvalue weighted by Gasteiger charge is 2.27. The minimum Gasteiger partial charge on any atom is -0.385 e. The predicted molar refractivity (Wildman–Crippen MR) is 76.1 cm³/mol. The molecule has 0 saturated carbocycles. The Labute approximate surface area is 121 Å². The second-order valence-electron chi connectivity index (χ2n) is 4.64. The van der Waals surface area contributed by atoms with E-state index in [1.54, 1.807) is 43.3 Å². The van der Waals surface area contributed by atoms with Crippen LogP contribution in [0.2, 0.25) is 10.0 Å². The number of aliphatic hydroxyl groups is 1. The molecule has 1 atom stereocenters. The predicted octanol–water partition coefficient (Wildman–Crippen LogP) is 4.58. The Bertz CT molecular complexity index is 596. The Morgan fingerprint density at radius 3 is 2.47 bits per heavy atom. The summed E-state index contributed by atoms with van der Waals surface area (Å²) in [5.41, 5.74) is -0.0703. The maximum Gasteiger partial charge on any atom is 0.142 e. The minimum absolute atomic E-state index is 0.0369. The molecule has 1 N–H and O–H groups in total. The van der Waals surface area contributed by atoms with Crippen molar-refractivity contribution in [3.63, 3.8) is 0 Å². The van der Waals surface area contributed by atoms with Crippen molar-refractivity contribution in [3.05, 3.63) is 69.5 Å². The Balaban J connectivity index is 2.36. The summed E-state index contributed by atoms with van der Waals surface area (Å²) in [5.74, 6) is -0.492. The summed E-state index contributed by atoms with van der Waals surface area (Å²) in [6.45, 7) is 1.63. The van der Waals surface area contributed by atoms with Gasteiger partial charge in [-0.3, -0.25) is 0 Å². The van der Waals surface area contributed by atoms with Crippen LogP contribution in [-0.4, -0.2) is 5.11 Å². The first-order valence-corrected chi connectivity index (χ1v) is 6.57. The lowest BCUT2D eigenvalue weighted by Crippen LogP contribution is -2.25. The van der Waals surface area contributed by atoms with Crippen LogP contribution in [0, 0.1) is 5.82 Å². The molecule has 0 fully saturated rings. The van der Waals surface area contributed by atoms with Gasteiger partial charge in [0.05, 0.1) is 10.6 Å². The summed E-state index contributed by atoms with van der Waals surface area (Å²) >= 11 is 12.0. The van der Waals surface area contributed by atoms with Gasteiger partial charge in [-0.1, -0.05) is 53.5 Å². The fraction of sp³-hybridized carbons (Fsp3) is 0.200. The van der Waals surface area contributed by atoms with E-state index in [1.807, 2.05) is 0 Å². The Morgan fingerprint density at radius 1 is 1.11 bits per heavy atom. The van der Waals surface area contributed by atoms with Crippen LogP contribution in [-0.2, 0) is 12.0 Å². The van der Waals surface area contributed by atoms with Crippen LogP contribution in [0.5, 0.6) is 0 Å². The molecule has 2 aromatic carbocycles. The van der Waals surface area contributed by atoms with E-state index in [9.17, 15) is 9.50 Å². The fourth-order valence-electron chi connectivity index (χ4n) is 2.05. The first kappa shape index (κ1) is 14.3. The van der Waals surface area contributed by atoms with Gasteiger partial charge in [0.1, 0.15) is 5.82 Å². The SMILES string of the molecule is CC(O)(Cc1cccc(F)c1Cl)c1ccccc1Cl. The van der Waals surface area contributed by atoms with Crippen molar-refractivity contribution in [2.75, 3.05) is 0 Å². The molecule has 100 valence electrons. The first-order chi connectivity index (χ1) is 8.92. The summed E-state index contributed by atoms with van der Waals surface area (Å²) in [4.78, 5) is 0. The van der Waals surface area contributed by atoms with Gasteiger partial charge >= 0.3 is 0 Å². The lowest BCUT2D eigenvalue weighted by atomic mass is 9.89. The summed E-state index contributed by atoms with van der Waals surface area (Å²) in [6.07, 6.45) is 0.188. The smallest absolute Gasteiger partial charge is 0.142 e. The molecule has 0 saturated heterocycles. The second kappa shape index (κ2) is 5.49. The van der Waals surface area contributed by atoms with Crippen LogP contribution in [0.1, 0.15) is 18.1 Å². The van der Waals surface area contributed by atoms with Crippen LogP contribution in [0.15, 0.2) is 42.5 Å². The zero-order valence-electron chi connectivity index (χ0n) is 10.3. The molecule has 1 nitrogen and oxygen atoms in total. The third kappa shape index (κ3) is 3.08. The molecule has 19 heavy (non-hydrogen) atoms. The Morgan fingerprint density at radius 2 is 1.79 bits per heavy atom. The maximum absolute atomic E-state index is 13.4. The van der Waals surface area contributed by atoms with Crippen molar-refractivity contribution in [2.45, 2.75) is 18.9 Å². The van der Waals surface area contributed by atoms with Gasteiger partial charge in [-0.05, 0) is 24.6 Å². The molecular formula is C15H13Cl2FO. The van der Waals surface area contributed by atoms with E-state index < -0.39 is 11.4 Å². The van der Waals surface area contributed by atoms with Crippen molar-refractivity contribution < 1.29 is 9.50 Å². The third-order valence-corrected chi connectivity index (χ3v) is 3.77. The average molecular weight is 299 g/mol. The zero-order valence-corrected chi connectivity index (χ0v) is 11.8. The standard InChI is InChI=1S/C15H13Cl2FO/c1-15(19,11-6-2-3-7-12(11)16)9-10-5-4-8-13(18)14(10)17/h2-8,19H,9H2,1H3. The molecule has 0 spiro atoms. The molecule has 0 aromatic heterocycles. The van der Waals surface area contributed by atoms with Gasteiger partial charge in [-0.2, -0.15) is 0 Å². The highest BCUT2D eigenvalue weighted by Crippen LogP contribution is 2.33. The monoisotopic (exact) mass is 298 g/mol. The highest BCUT2D eigenvalue weighted by atomic mass is 35.5. The molecule has 0 heterocycles. The van der Waals surface area contributed by atoms with Gasteiger partial charge in [-0.25, -0.2) is 4.39 Å². The number of halogens is 3. The summed E-state index contributed by atoms with van der Waals surface area (Å²) < 4.78 is 13.4. The molecule has 0 bridgehead atoms. The molecule has 0 aliphatic rings. The van der Waals surface area contributed by atoms with E-state index in [0.29, 0.717) is 16.1 Å². The normalized spacial score (nSPS) is 14.2. The molecule has 0 radical (unpaired) electrons. The molecular weight excluding hydrogens is 286 g/mol. The van der Waals surface area contributed by atoms with Gasteiger partial charge in [0, 0.05) is 17.0 Å². The highest BCUT2D eigenvalue weighted by molar-refractivity contribution is 6.32. The molecule has 0 aliphatic carbocycles. The molecule has 2 aromatic rings. The van der Waals surface area contributed by atoms with Crippen LogP contribution in [0.25, 0.3) is 0 Å². The molecule has 4 heteroatoms. The van der Waals surface area contributed by atoms with E-state index in [4.69, 9.17) is 23.2 Å². The Kier molecular flexibility index (Phi) is 4.14. The second-order valence-corrected chi connectivity index (χ2v) is 5.43.